The molecule has 1 aromatic heterocycles. The highest BCUT2D eigenvalue weighted by Gasteiger charge is 2.41. The first-order valence-electron chi connectivity index (χ1n) is 12.0. The Balaban J connectivity index is 1.29. The van der Waals surface area contributed by atoms with Gasteiger partial charge in [-0.25, -0.2) is 4.79 Å². The van der Waals surface area contributed by atoms with E-state index in [0.29, 0.717) is 23.1 Å². The summed E-state index contributed by atoms with van der Waals surface area (Å²) in [6, 6.07) is 12.8. The fourth-order valence-electron chi connectivity index (χ4n) is 6.00. The average molecular weight is 449 g/mol. The summed E-state index contributed by atoms with van der Waals surface area (Å²) in [7, 11) is 2.29. The molecule has 1 aromatic carbocycles. The molecule has 33 heavy (non-hydrogen) atoms. The fourth-order valence-corrected chi connectivity index (χ4v) is 6.00. The maximum absolute atomic E-state index is 13.2. The number of urea groups is 1. The van der Waals surface area contributed by atoms with E-state index in [1.54, 1.807) is 40.1 Å². The van der Waals surface area contributed by atoms with Crippen LogP contribution in [0.3, 0.4) is 0 Å². The van der Waals surface area contributed by atoms with Crippen molar-refractivity contribution in [1.29, 1.82) is 5.26 Å². The summed E-state index contributed by atoms with van der Waals surface area (Å²) in [5.74, 6) is 0.914. The van der Waals surface area contributed by atoms with Crippen LogP contribution >= 0.6 is 0 Å². The molecule has 2 amide bonds. The van der Waals surface area contributed by atoms with Crippen molar-refractivity contribution in [3.63, 3.8) is 0 Å². The molecule has 0 saturated carbocycles. The minimum absolute atomic E-state index is 0.130. The van der Waals surface area contributed by atoms with E-state index in [2.05, 4.69) is 23.8 Å². The summed E-state index contributed by atoms with van der Waals surface area (Å²) in [5, 5.41) is 14.4. The number of carbonyl (C=O) groups is 1. The predicted molar refractivity (Wildman–Crippen MR) is 126 cm³/mol. The Morgan fingerprint density at radius 1 is 1.15 bits per heavy atom. The van der Waals surface area contributed by atoms with E-state index in [4.69, 9.17) is 5.26 Å². The molecule has 8 heteroatoms. The zero-order chi connectivity index (χ0) is 22.9. The molecule has 2 saturated heterocycles. The second-order valence-corrected chi connectivity index (χ2v) is 9.96. The highest BCUT2D eigenvalue weighted by Crippen LogP contribution is 2.31. The van der Waals surface area contributed by atoms with Crippen LogP contribution in [0.25, 0.3) is 0 Å². The fraction of sp³-hybridized carbons (Fsp3) is 0.480. The monoisotopic (exact) mass is 448 g/mol. The highest BCUT2D eigenvalue weighted by atomic mass is 16.2. The Kier molecular flexibility index (Phi) is 5.92. The van der Waals surface area contributed by atoms with Crippen molar-refractivity contribution in [3.05, 3.63) is 58.0 Å². The lowest BCUT2D eigenvalue weighted by molar-refractivity contribution is -0.959. The molecule has 172 valence electrons. The summed E-state index contributed by atoms with van der Waals surface area (Å²) in [6.45, 7) is 5.49. The number of rotatable bonds is 3. The third kappa shape index (κ3) is 4.52. The van der Waals surface area contributed by atoms with Crippen LogP contribution in [-0.4, -0.2) is 49.9 Å². The number of nitrogens with one attached hydrogen (secondary N) is 4. The molecule has 0 aliphatic carbocycles. The zero-order valence-corrected chi connectivity index (χ0v) is 19.1. The van der Waals surface area contributed by atoms with Gasteiger partial charge in [-0.1, -0.05) is 6.07 Å². The third-order valence-electron chi connectivity index (χ3n) is 7.66. The Morgan fingerprint density at radius 2 is 1.97 bits per heavy atom. The second kappa shape index (κ2) is 9.00. The second-order valence-electron chi connectivity index (χ2n) is 9.96. The van der Waals surface area contributed by atoms with Gasteiger partial charge in [-0.05, 0) is 36.8 Å². The number of anilines is 2. The van der Waals surface area contributed by atoms with Crippen molar-refractivity contribution in [2.45, 2.75) is 37.8 Å². The number of carbonyl (C=O) groups excluding carboxylic acids is 1. The Morgan fingerprint density at radius 3 is 2.76 bits per heavy atom. The summed E-state index contributed by atoms with van der Waals surface area (Å²) in [6.07, 6.45) is 3.74. The van der Waals surface area contributed by atoms with Gasteiger partial charge in [-0.2, -0.15) is 5.26 Å². The van der Waals surface area contributed by atoms with Crippen LogP contribution in [0, 0.1) is 17.2 Å². The van der Waals surface area contributed by atoms with Gasteiger partial charge in [0.25, 0.3) is 5.56 Å². The van der Waals surface area contributed by atoms with Gasteiger partial charge in [0, 0.05) is 42.6 Å². The van der Waals surface area contributed by atoms with Gasteiger partial charge in [0.1, 0.15) is 5.69 Å². The van der Waals surface area contributed by atoms with Crippen molar-refractivity contribution < 1.29 is 14.6 Å². The maximum atomic E-state index is 13.2. The molecule has 5 rings (SSSR count). The van der Waals surface area contributed by atoms with E-state index in [0.717, 1.165) is 37.8 Å². The lowest BCUT2D eigenvalue weighted by Gasteiger charge is -2.44. The number of benzene rings is 1. The molecule has 1 unspecified atom stereocenters. The molecule has 3 aliphatic heterocycles. The van der Waals surface area contributed by atoms with Gasteiger partial charge in [-0.15, -0.1) is 0 Å². The van der Waals surface area contributed by atoms with Crippen molar-refractivity contribution in [2.24, 2.45) is 5.92 Å². The highest BCUT2D eigenvalue weighted by molar-refractivity contribution is 5.99. The molecule has 2 bridgehead atoms. The molecule has 8 nitrogen and oxygen atoms in total. The number of amides is 2. The quantitative estimate of drug-likeness (QED) is 0.534. The number of hydrogen-bond donors (Lipinski definition) is 4. The number of hydrogen-bond acceptors (Lipinski definition) is 3. The Bertz CT molecular complexity index is 1140. The van der Waals surface area contributed by atoms with Gasteiger partial charge in [-0.3, -0.25) is 4.79 Å². The van der Waals surface area contributed by atoms with Crippen molar-refractivity contribution in [3.8, 4) is 6.07 Å². The number of quaternary nitrogens is 2. The lowest BCUT2D eigenvalue weighted by atomic mass is 9.82. The molecule has 4 N–H and O–H groups in total. The van der Waals surface area contributed by atoms with Crippen LogP contribution < -0.4 is 26.0 Å². The van der Waals surface area contributed by atoms with Crippen molar-refractivity contribution in [1.82, 2.24) is 4.57 Å². The topological polar surface area (TPSA) is 95.8 Å². The summed E-state index contributed by atoms with van der Waals surface area (Å²) >= 11 is 0. The molecule has 4 heterocycles. The molecule has 3 atom stereocenters. The van der Waals surface area contributed by atoms with Crippen LogP contribution in [0.5, 0.6) is 0 Å². The zero-order valence-electron chi connectivity index (χ0n) is 19.1. The number of fused-ring (bicyclic) bond motifs is 4. The average Bonchev–Trinajstić information content (AvgIpc) is 2.81. The van der Waals surface area contributed by atoms with Gasteiger partial charge in [0.05, 0.1) is 50.9 Å². The van der Waals surface area contributed by atoms with E-state index in [-0.39, 0.29) is 11.2 Å². The largest absolute Gasteiger partial charge is 0.337 e. The SMILES string of the molecule is C[NH+]1CCC([NH+]2C[C@@H]3C[C@H](C2)c2ccc(NC(=O)Nc4cccc(C#N)c4)c(=O)n2C3)CC1. The molecule has 3 aliphatic rings. The van der Waals surface area contributed by atoms with E-state index >= 15 is 0 Å². The molecule has 0 radical (unpaired) electrons. The van der Waals surface area contributed by atoms with Crippen LogP contribution in [0.1, 0.15) is 36.4 Å². The number of nitriles is 1. The van der Waals surface area contributed by atoms with Crippen LogP contribution in [0.15, 0.2) is 41.2 Å². The standard InChI is InChI=1S/C25H30N6O2/c1-29-9-7-21(8-10-29)30-14-18-11-19(16-30)23-6-5-22(24(32)31(23)15-18)28-25(33)27-20-4-2-3-17(12-20)13-26/h2-6,12,18-19,21H,7-11,14-16H2,1H3,(H2,27,28,33)/p+2/t18-,19+/m0/s1. The number of aromatic nitrogens is 1. The Hall–Kier alpha value is -3.15. The smallest absolute Gasteiger partial charge is 0.323 e. The van der Waals surface area contributed by atoms with Gasteiger partial charge < -0.3 is 25.0 Å². The summed E-state index contributed by atoms with van der Waals surface area (Å²) in [5.41, 5.74) is 2.24. The normalized spacial score (nSPS) is 28.3. The van der Waals surface area contributed by atoms with Gasteiger partial charge in [0.15, 0.2) is 0 Å². The predicted octanol–water partition coefficient (Wildman–Crippen LogP) is 0.0431. The first-order valence-corrected chi connectivity index (χ1v) is 12.0. The molecular formula is C25H32N6O2+2. The van der Waals surface area contributed by atoms with Crippen LogP contribution in [-0.2, 0) is 6.54 Å². The lowest BCUT2D eigenvalue weighted by Crippen LogP contribution is -3.21. The number of likely N-dealkylation sites (tertiary alicyclic amines) is 2. The van der Waals surface area contributed by atoms with Crippen LogP contribution in [0.4, 0.5) is 16.2 Å². The number of pyridine rings is 1. The number of piperidine rings is 2. The van der Waals surface area contributed by atoms with Crippen molar-refractivity contribution >= 4 is 17.4 Å². The van der Waals surface area contributed by atoms with Gasteiger partial charge >= 0.3 is 6.03 Å². The Labute approximate surface area is 193 Å². The third-order valence-corrected chi connectivity index (χ3v) is 7.66. The first kappa shape index (κ1) is 21.7. The van der Waals surface area contributed by atoms with E-state index in [1.165, 1.54) is 25.9 Å². The van der Waals surface area contributed by atoms with Gasteiger partial charge in [0.2, 0.25) is 0 Å². The maximum Gasteiger partial charge on any atom is 0.323 e. The van der Waals surface area contributed by atoms with E-state index in [1.807, 2.05) is 10.6 Å². The van der Waals surface area contributed by atoms with E-state index < -0.39 is 6.03 Å². The number of nitrogens with zero attached hydrogens (tertiary/aromatic N) is 2. The molecular weight excluding hydrogens is 416 g/mol. The van der Waals surface area contributed by atoms with Crippen molar-refractivity contribution in [2.75, 3.05) is 43.9 Å². The van der Waals surface area contributed by atoms with E-state index in [9.17, 15) is 9.59 Å². The first-order chi connectivity index (χ1) is 16.0. The molecule has 2 aromatic rings. The van der Waals surface area contributed by atoms with Crippen LogP contribution in [0.2, 0.25) is 0 Å². The minimum atomic E-state index is -0.487. The molecule has 2 fully saturated rings. The summed E-state index contributed by atoms with van der Waals surface area (Å²) < 4.78 is 1.89. The minimum Gasteiger partial charge on any atom is -0.337 e. The molecule has 0 spiro atoms. The summed E-state index contributed by atoms with van der Waals surface area (Å²) in [4.78, 5) is 29.1.